The summed E-state index contributed by atoms with van der Waals surface area (Å²) < 4.78 is 6.58. The number of nitrogens with zero attached hydrogens (tertiary/aromatic N) is 3. The summed E-state index contributed by atoms with van der Waals surface area (Å²) in [5.74, 6) is -0.126. The van der Waals surface area contributed by atoms with Crippen LogP contribution in [0.5, 0.6) is 0 Å². The molecule has 0 spiro atoms. The fourth-order valence-corrected chi connectivity index (χ4v) is 3.63. The molecular weight excluding hydrogens is 498 g/mol. The molecule has 32 heavy (non-hydrogen) atoms. The molecule has 2 N–H and O–H groups in total. The molecule has 0 unspecified atom stereocenters. The topological polar surface area (TPSA) is 123 Å². The number of nitrogens with one attached hydrogen (secondary N) is 2. The Bertz CT molecular complexity index is 1390. The summed E-state index contributed by atoms with van der Waals surface area (Å²) in [5, 5.41) is 16.6. The van der Waals surface area contributed by atoms with Gasteiger partial charge in [0.15, 0.2) is 10.7 Å². The van der Waals surface area contributed by atoms with Crippen LogP contribution in [0.1, 0.15) is 15.9 Å². The van der Waals surface area contributed by atoms with Crippen LogP contribution in [0.25, 0.3) is 22.6 Å². The first kappa shape index (κ1) is 21.5. The minimum atomic E-state index is -0.546. The molecule has 4 rings (SSSR count). The summed E-state index contributed by atoms with van der Waals surface area (Å²) in [7, 11) is 0. The summed E-state index contributed by atoms with van der Waals surface area (Å²) in [6, 6.07) is 11.3. The average molecular weight is 512 g/mol. The standard InChI is InChI=1S/C21H14BrN5O4S/c1-11-15(3-2-4-17(11)27(29)30)19(28)26-21(32)24-14-5-6-18-16(8-14)25-20(31-18)12-7-13(22)10-23-9-12/h2-10H,1H3,(H2,24,26,28,32). The van der Waals surface area contributed by atoms with Crippen LogP contribution in [0, 0.1) is 17.0 Å². The molecule has 1 amide bonds. The molecule has 160 valence electrons. The second kappa shape index (κ2) is 8.81. The first-order chi connectivity index (χ1) is 15.3. The molecule has 0 aliphatic carbocycles. The number of carbonyl (C=O) groups excluding carboxylic acids is 1. The highest BCUT2D eigenvalue weighted by Crippen LogP contribution is 2.27. The van der Waals surface area contributed by atoms with Gasteiger partial charge in [-0.3, -0.25) is 25.2 Å². The molecule has 0 saturated carbocycles. The van der Waals surface area contributed by atoms with Crippen molar-refractivity contribution in [1.82, 2.24) is 15.3 Å². The maximum absolute atomic E-state index is 12.5. The zero-order valence-electron chi connectivity index (χ0n) is 16.5. The molecule has 2 heterocycles. The molecule has 0 atom stereocenters. The van der Waals surface area contributed by atoms with E-state index in [2.05, 4.69) is 36.5 Å². The van der Waals surface area contributed by atoms with Crippen LogP contribution in [0.4, 0.5) is 11.4 Å². The molecule has 0 aliphatic heterocycles. The van der Waals surface area contributed by atoms with Crippen molar-refractivity contribution in [3.05, 3.63) is 80.6 Å². The van der Waals surface area contributed by atoms with Crippen molar-refractivity contribution < 1.29 is 14.1 Å². The maximum Gasteiger partial charge on any atom is 0.273 e. The Morgan fingerprint density at radius 2 is 2.03 bits per heavy atom. The molecule has 0 radical (unpaired) electrons. The largest absolute Gasteiger partial charge is 0.436 e. The summed E-state index contributed by atoms with van der Waals surface area (Å²) in [6.45, 7) is 1.51. The number of pyridine rings is 1. The maximum atomic E-state index is 12.5. The Labute approximate surface area is 195 Å². The third-order valence-corrected chi connectivity index (χ3v) is 5.21. The number of aromatic nitrogens is 2. The fourth-order valence-electron chi connectivity index (χ4n) is 3.06. The molecule has 2 aromatic carbocycles. The third-order valence-electron chi connectivity index (χ3n) is 4.57. The lowest BCUT2D eigenvalue weighted by Gasteiger charge is -2.11. The molecule has 0 fully saturated rings. The van der Waals surface area contributed by atoms with Gasteiger partial charge in [-0.05, 0) is 65.4 Å². The van der Waals surface area contributed by atoms with E-state index in [9.17, 15) is 14.9 Å². The van der Waals surface area contributed by atoms with Gasteiger partial charge in [0, 0.05) is 39.7 Å². The number of fused-ring (bicyclic) bond motifs is 1. The first-order valence-corrected chi connectivity index (χ1v) is 10.4. The van der Waals surface area contributed by atoms with Crippen molar-refractivity contribution in [2.75, 3.05) is 5.32 Å². The van der Waals surface area contributed by atoms with E-state index in [-0.39, 0.29) is 21.9 Å². The predicted molar refractivity (Wildman–Crippen MR) is 126 cm³/mol. The number of halogens is 1. The van der Waals surface area contributed by atoms with Crippen LogP contribution in [0.3, 0.4) is 0 Å². The Kier molecular flexibility index (Phi) is 5.93. The van der Waals surface area contributed by atoms with Crippen LogP contribution in [-0.4, -0.2) is 25.9 Å². The minimum Gasteiger partial charge on any atom is -0.436 e. The van der Waals surface area contributed by atoms with E-state index in [1.807, 2.05) is 6.07 Å². The monoisotopic (exact) mass is 511 g/mol. The zero-order valence-corrected chi connectivity index (χ0v) is 18.9. The number of rotatable bonds is 4. The van der Waals surface area contributed by atoms with Gasteiger partial charge < -0.3 is 9.73 Å². The first-order valence-electron chi connectivity index (χ1n) is 9.19. The Morgan fingerprint density at radius 1 is 1.22 bits per heavy atom. The van der Waals surface area contributed by atoms with E-state index >= 15 is 0 Å². The van der Waals surface area contributed by atoms with E-state index < -0.39 is 10.8 Å². The Hall–Kier alpha value is -3.70. The number of hydrogen-bond donors (Lipinski definition) is 2. The van der Waals surface area contributed by atoms with Crippen LogP contribution in [0.15, 0.2) is 63.7 Å². The van der Waals surface area contributed by atoms with Crippen LogP contribution < -0.4 is 10.6 Å². The number of anilines is 1. The number of nitro groups is 1. The molecule has 0 bridgehead atoms. The van der Waals surface area contributed by atoms with Crippen molar-refractivity contribution >= 4 is 61.6 Å². The summed E-state index contributed by atoms with van der Waals surface area (Å²) in [4.78, 5) is 31.7. The normalized spacial score (nSPS) is 10.7. The number of nitro benzene ring substituents is 1. The van der Waals surface area contributed by atoms with Gasteiger partial charge in [0.25, 0.3) is 11.6 Å². The highest BCUT2D eigenvalue weighted by molar-refractivity contribution is 9.10. The van der Waals surface area contributed by atoms with Crippen molar-refractivity contribution in [1.29, 1.82) is 0 Å². The summed E-state index contributed by atoms with van der Waals surface area (Å²) >= 11 is 8.59. The molecule has 9 nitrogen and oxygen atoms in total. The van der Waals surface area contributed by atoms with Gasteiger partial charge >= 0.3 is 0 Å². The third kappa shape index (κ3) is 4.48. The van der Waals surface area contributed by atoms with Crippen molar-refractivity contribution in [2.24, 2.45) is 0 Å². The SMILES string of the molecule is Cc1c(C(=O)NC(=S)Nc2ccc3oc(-c4cncc(Br)c4)nc3c2)cccc1[N+](=O)[O-]. The van der Waals surface area contributed by atoms with E-state index in [1.54, 1.807) is 30.6 Å². The predicted octanol–water partition coefficient (Wildman–Crippen LogP) is 5.00. The van der Waals surface area contributed by atoms with Gasteiger partial charge in [-0.2, -0.15) is 0 Å². The minimum absolute atomic E-state index is 0.0418. The van der Waals surface area contributed by atoms with E-state index in [4.69, 9.17) is 16.6 Å². The van der Waals surface area contributed by atoms with Gasteiger partial charge in [-0.1, -0.05) is 6.07 Å². The van der Waals surface area contributed by atoms with E-state index in [0.717, 1.165) is 10.0 Å². The lowest BCUT2D eigenvalue weighted by atomic mass is 10.1. The summed E-state index contributed by atoms with van der Waals surface area (Å²) in [6.07, 6.45) is 3.31. The lowest BCUT2D eigenvalue weighted by Crippen LogP contribution is -2.34. The smallest absolute Gasteiger partial charge is 0.273 e. The van der Waals surface area contributed by atoms with Gasteiger partial charge in [0.2, 0.25) is 5.89 Å². The van der Waals surface area contributed by atoms with Gasteiger partial charge in [-0.25, -0.2) is 4.98 Å². The average Bonchev–Trinajstić information content (AvgIpc) is 3.17. The van der Waals surface area contributed by atoms with E-state index in [0.29, 0.717) is 22.7 Å². The lowest BCUT2D eigenvalue weighted by molar-refractivity contribution is -0.385. The molecular formula is C21H14BrN5O4S. The summed E-state index contributed by atoms with van der Waals surface area (Å²) in [5.41, 5.74) is 2.77. The second-order valence-electron chi connectivity index (χ2n) is 6.71. The number of amides is 1. The van der Waals surface area contributed by atoms with Crippen LogP contribution in [0.2, 0.25) is 0 Å². The quantitative estimate of drug-likeness (QED) is 0.223. The molecule has 0 aliphatic rings. The number of hydrogen-bond acceptors (Lipinski definition) is 7. The highest BCUT2D eigenvalue weighted by atomic mass is 79.9. The fraction of sp³-hybridized carbons (Fsp3) is 0.0476. The molecule has 11 heteroatoms. The molecule has 2 aromatic heterocycles. The van der Waals surface area contributed by atoms with Gasteiger partial charge in [0.05, 0.1) is 10.5 Å². The highest BCUT2D eigenvalue weighted by Gasteiger charge is 2.19. The Morgan fingerprint density at radius 3 is 2.78 bits per heavy atom. The number of thiocarbonyl (C=S) groups is 1. The van der Waals surface area contributed by atoms with Gasteiger partial charge in [-0.15, -0.1) is 0 Å². The van der Waals surface area contributed by atoms with Crippen molar-refractivity contribution in [2.45, 2.75) is 6.92 Å². The molecule has 0 saturated heterocycles. The van der Waals surface area contributed by atoms with Crippen LogP contribution >= 0.6 is 28.1 Å². The van der Waals surface area contributed by atoms with Crippen LogP contribution in [-0.2, 0) is 0 Å². The Balaban J connectivity index is 1.50. The molecule has 4 aromatic rings. The van der Waals surface area contributed by atoms with E-state index in [1.165, 1.54) is 25.1 Å². The number of benzene rings is 2. The number of oxazole rings is 1. The van der Waals surface area contributed by atoms with Crippen molar-refractivity contribution in [3.63, 3.8) is 0 Å². The van der Waals surface area contributed by atoms with Crippen molar-refractivity contribution in [3.8, 4) is 11.5 Å². The number of carbonyl (C=O) groups is 1. The zero-order chi connectivity index (χ0) is 22.8. The second-order valence-corrected chi connectivity index (χ2v) is 8.03. The van der Waals surface area contributed by atoms with Gasteiger partial charge in [0.1, 0.15) is 5.52 Å².